The van der Waals surface area contributed by atoms with Crippen LogP contribution < -0.4 is 0 Å². The summed E-state index contributed by atoms with van der Waals surface area (Å²) in [6.45, 7) is 1.93. The average Bonchev–Trinajstić information content (AvgIpc) is 2.31. The van der Waals surface area contributed by atoms with E-state index in [2.05, 4.69) is 4.98 Å². The van der Waals surface area contributed by atoms with Gasteiger partial charge < -0.3 is 0 Å². The molecule has 0 aliphatic heterocycles. The first kappa shape index (κ1) is 7.15. The Kier molecular flexibility index (Phi) is 2.34. The largest absolute Gasteiger partial charge is 0.299 e. The molecule has 52 valence electrons. The van der Waals surface area contributed by atoms with Gasteiger partial charge in [0, 0.05) is 5.38 Å². The molecule has 0 radical (unpaired) electrons. The molecule has 1 heterocycles. The van der Waals surface area contributed by atoms with E-state index in [1.54, 1.807) is 17.4 Å². The Hall–Kier alpha value is -0.960. The highest BCUT2D eigenvalue weighted by atomic mass is 32.1. The van der Waals surface area contributed by atoms with Crippen molar-refractivity contribution in [3.63, 3.8) is 0 Å². The molecule has 1 aromatic rings. The molecule has 0 spiro atoms. The number of hydrogen-bond donors (Lipinski definition) is 0. The Morgan fingerprint density at radius 3 is 3.00 bits per heavy atom. The van der Waals surface area contributed by atoms with Gasteiger partial charge in [-0.25, -0.2) is 4.98 Å². The molecule has 0 unspecified atom stereocenters. The quantitative estimate of drug-likeness (QED) is 0.477. The molecule has 0 bridgehead atoms. The summed E-state index contributed by atoms with van der Waals surface area (Å²) in [5.74, 6) is 0. The lowest BCUT2D eigenvalue weighted by atomic mass is 10.4. The lowest BCUT2D eigenvalue weighted by molar-refractivity contribution is -0.104. The third-order valence-corrected chi connectivity index (χ3v) is 1.77. The van der Waals surface area contributed by atoms with Crippen molar-refractivity contribution in [1.82, 2.24) is 4.98 Å². The van der Waals surface area contributed by atoms with E-state index in [0.29, 0.717) is 0 Å². The van der Waals surface area contributed by atoms with Gasteiger partial charge >= 0.3 is 0 Å². The second kappa shape index (κ2) is 3.27. The highest BCUT2D eigenvalue weighted by Gasteiger charge is 1.90. The summed E-state index contributed by atoms with van der Waals surface area (Å²) in [6.07, 6.45) is 3.87. The monoisotopic (exact) mass is 153 g/mol. The molecule has 0 saturated heterocycles. The highest BCUT2D eigenvalue weighted by molar-refractivity contribution is 7.09. The molecule has 0 aliphatic carbocycles. The molecule has 0 aromatic carbocycles. The number of carbonyl (C=O) groups excluding carboxylic acids is 1. The first-order valence-electron chi connectivity index (χ1n) is 2.87. The number of nitrogens with zero attached hydrogens (tertiary/aromatic N) is 1. The van der Waals surface area contributed by atoms with E-state index in [9.17, 15) is 4.79 Å². The van der Waals surface area contributed by atoms with E-state index in [0.717, 1.165) is 17.0 Å². The Morgan fingerprint density at radius 1 is 1.70 bits per heavy atom. The summed E-state index contributed by atoms with van der Waals surface area (Å²) in [5.41, 5.74) is 0.856. The van der Waals surface area contributed by atoms with Crippen LogP contribution >= 0.6 is 11.3 Å². The van der Waals surface area contributed by atoms with Crippen molar-refractivity contribution in [2.24, 2.45) is 0 Å². The number of hydrogen-bond acceptors (Lipinski definition) is 3. The van der Waals surface area contributed by atoms with Gasteiger partial charge in [-0.1, -0.05) is 0 Å². The first-order chi connectivity index (χ1) is 4.83. The summed E-state index contributed by atoms with van der Waals surface area (Å²) in [4.78, 5) is 14.0. The molecule has 0 amide bonds. The van der Waals surface area contributed by atoms with Crippen LogP contribution in [0.2, 0.25) is 0 Å². The maximum Gasteiger partial charge on any atom is 0.142 e. The van der Waals surface area contributed by atoms with Crippen molar-refractivity contribution in [3.8, 4) is 0 Å². The van der Waals surface area contributed by atoms with Gasteiger partial charge in [0.1, 0.15) is 6.29 Å². The zero-order valence-electron chi connectivity index (χ0n) is 5.57. The van der Waals surface area contributed by atoms with E-state index in [-0.39, 0.29) is 0 Å². The van der Waals surface area contributed by atoms with Crippen LogP contribution in [0, 0.1) is 6.92 Å². The summed E-state index contributed by atoms with van der Waals surface area (Å²) >= 11 is 1.58. The van der Waals surface area contributed by atoms with E-state index < -0.39 is 0 Å². The van der Waals surface area contributed by atoms with Gasteiger partial charge in [-0.2, -0.15) is 0 Å². The van der Waals surface area contributed by atoms with Crippen molar-refractivity contribution in [2.45, 2.75) is 6.92 Å². The third kappa shape index (κ3) is 1.77. The minimum Gasteiger partial charge on any atom is -0.299 e. The number of aromatic nitrogens is 1. The average molecular weight is 153 g/mol. The SMILES string of the molecule is Cc1nc(C=CC=O)cs1. The number of thiazole rings is 1. The van der Waals surface area contributed by atoms with Gasteiger partial charge in [0.25, 0.3) is 0 Å². The van der Waals surface area contributed by atoms with E-state index in [4.69, 9.17) is 0 Å². The minimum atomic E-state index is 0.745. The van der Waals surface area contributed by atoms with Gasteiger partial charge in [0.05, 0.1) is 10.7 Å². The van der Waals surface area contributed by atoms with Crippen LogP contribution in [-0.2, 0) is 4.79 Å². The van der Waals surface area contributed by atoms with Gasteiger partial charge in [-0.3, -0.25) is 4.79 Å². The summed E-state index contributed by atoms with van der Waals surface area (Å²) in [7, 11) is 0. The minimum absolute atomic E-state index is 0.745. The van der Waals surface area contributed by atoms with Gasteiger partial charge in [0.2, 0.25) is 0 Å². The van der Waals surface area contributed by atoms with E-state index in [1.165, 1.54) is 6.08 Å². The first-order valence-corrected chi connectivity index (χ1v) is 3.75. The van der Waals surface area contributed by atoms with Crippen molar-refractivity contribution in [1.29, 1.82) is 0 Å². The van der Waals surface area contributed by atoms with Crippen molar-refractivity contribution in [3.05, 3.63) is 22.2 Å². The molecule has 1 aromatic heterocycles. The molecule has 0 aliphatic rings. The molecular formula is C7H7NOS. The molecular weight excluding hydrogens is 146 g/mol. The maximum atomic E-state index is 9.87. The smallest absolute Gasteiger partial charge is 0.142 e. The van der Waals surface area contributed by atoms with Crippen LogP contribution in [-0.4, -0.2) is 11.3 Å². The number of aldehydes is 1. The number of rotatable bonds is 2. The molecule has 3 heteroatoms. The van der Waals surface area contributed by atoms with Crippen LogP contribution in [0.3, 0.4) is 0 Å². The fourth-order valence-electron chi connectivity index (χ4n) is 0.595. The van der Waals surface area contributed by atoms with Gasteiger partial charge in [0.15, 0.2) is 0 Å². The van der Waals surface area contributed by atoms with Crippen LogP contribution in [0.5, 0.6) is 0 Å². The predicted molar refractivity (Wildman–Crippen MR) is 41.9 cm³/mol. The molecule has 2 nitrogen and oxygen atoms in total. The second-order valence-corrected chi connectivity index (χ2v) is 2.85. The third-order valence-electron chi connectivity index (χ3n) is 0.982. The van der Waals surface area contributed by atoms with Gasteiger partial charge in [-0.05, 0) is 19.1 Å². The molecule has 10 heavy (non-hydrogen) atoms. The normalized spacial score (nSPS) is 10.5. The molecule has 0 saturated carbocycles. The topological polar surface area (TPSA) is 30.0 Å². The van der Waals surface area contributed by atoms with E-state index >= 15 is 0 Å². The Bertz CT molecular complexity index is 252. The number of carbonyl (C=O) groups is 1. The Labute approximate surface area is 63.2 Å². The Balaban J connectivity index is 2.75. The zero-order chi connectivity index (χ0) is 7.40. The molecule has 0 atom stereocenters. The number of allylic oxidation sites excluding steroid dienone is 1. The van der Waals surface area contributed by atoms with E-state index in [1.807, 2.05) is 12.3 Å². The molecule has 0 N–H and O–H groups in total. The predicted octanol–water partition coefficient (Wildman–Crippen LogP) is 1.66. The molecule has 1 rings (SSSR count). The standard InChI is InChI=1S/C7H7NOS/c1-6-8-7(5-10-6)3-2-4-9/h2-5H,1H3. The lowest BCUT2D eigenvalue weighted by Crippen LogP contribution is -1.70. The van der Waals surface area contributed by atoms with Crippen LogP contribution in [0.1, 0.15) is 10.7 Å². The van der Waals surface area contributed by atoms with Crippen LogP contribution in [0.4, 0.5) is 0 Å². The second-order valence-electron chi connectivity index (χ2n) is 1.79. The number of aryl methyl sites for hydroxylation is 1. The van der Waals surface area contributed by atoms with Crippen LogP contribution in [0.25, 0.3) is 6.08 Å². The zero-order valence-corrected chi connectivity index (χ0v) is 6.39. The van der Waals surface area contributed by atoms with Crippen molar-refractivity contribution in [2.75, 3.05) is 0 Å². The van der Waals surface area contributed by atoms with Crippen LogP contribution in [0.15, 0.2) is 11.5 Å². The lowest BCUT2D eigenvalue weighted by Gasteiger charge is -1.76. The summed E-state index contributed by atoms with van der Waals surface area (Å²) in [6, 6.07) is 0. The Morgan fingerprint density at radius 2 is 2.50 bits per heavy atom. The summed E-state index contributed by atoms with van der Waals surface area (Å²) < 4.78 is 0. The van der Waals surface area contributed by atoms with Crippen molar-refractivity contribution >= 4 is 23.7 Å². The highest BCUT2D eigenvalue weighted by Crippen LogP contribution is 2.08. The van der Waals surface area contributed by atoms with Gasteiger partial charge in [-0.15, -0.1) is 11.3 Å². The summed E-state index contributed by atoms with van der Waals surface area (Å²) in [5, 5.41) is 2.93. The fourth-order valence-corrected chi connectivity index (χ4v) is 1.18. The van der Waals surface area contributed by atoms with Crippen molar-refractivity contribution < 1.29 is 4.79 Å². The maximum absolute atomic E-state index is 9.87. The molecule has 0 fully saturated rings. The fraction of sp³-hybridized carbons (Fsp3) is 0.143.